The van der Waals surface area contributed by atoms with Crippen molar-refractivity contribution in [3.8, 4) is 5.75 Å². The monoisotopic (exact) mass is 285 g/mol. The molecule has 0 radical (unpaired) electrons. The first-order valence-electron chi connectivity index (χ1n) is 7.44. The van der Waals surface area contributed by atoms with Crippen molar-refractivity contribution in [3.05, 3.63) is 65.0 Å². The molecule has 0 aromatic heterocycles. The molecule has 0 spiro atoms. The Labute approximate surface area is 124 Å². The summed E-state index contributed by atoms with van der Waals surface area (Å²) in [5.41, 5.74) is 3.58. The van der Waals surface area contributed by atoms with E-state index in [9.17, 15) is 9.50 Å². The minimum atomic E-state index is -0.407. The van der Waals surface area contributed by atoms with Gasteiger partial charge in [-0.2, -0.15) is 0 Å². The molecule has 2 aromatic rings. The van der Waals surface area contributed by atoms with Crippen LogP contribution in [0.3, 0.4) is 0 Å². The summed E-state index contributed by atoms with van der Waals surface area (Å²) in [5, 5.41) is 13.4. The van der Waals surface area contributed by atoms with Gasteiger partial charge in [0.15, 0.2) is 0 Å². The number of hydrogen-bond acceptors (Lipinski definition) is 2. The Morgan fingerprint density at radius 2 is 1.95 bits per heavy atom. The standard InChI is InChI=1S/C18H20FNO/c1-12(17-9-7-15(19)11-18(17)21)20-16-8-6-13-4-2-3-5-14(13)10-16/h2-5,7,9,11-12,16,20-21H,6,8,10H2,1H3. The summed E-state index contributed by atoms with van der Waals surface area (Å²) in [6, 6.07) is 13.2. The van der Waals surface area contributed by atoms with E-state index >= 15 is 0 Å². The molecular formula is C18H20FNO. The van der Waals surface area contributed by atoms with Gasteiger partial charge in [0.1, 0.15) is 11.6 Å². The number of fused-ring (bicyclic) bond motifs is 1. The molecule has 0 saturated carbocycles. The van der Waals surface area contributed by atoms with Gasteiger partial charge in [0, 0.05) is 23.7 Å². The molecule has 2 atom stereocenters. The molecule has 1 aliphatic rings. The second kappa shape index (κ2) is 5.86. The average Bonchev–Trinajstić information content (AvgIpc) is 2.47. The first-order valence-corrected chi connectivity index (χ1v) is 7.44. The summed E-state index contributed by atoms with van der Waals surface area (Å²) in [6.07, 6.45) is 3.17. The van der Waals surface area contributed by atoms with Crippen molar-refractivity contribution >= 4 is 0 Å². The molecule has 2 nitrogen and oxygen atoms in total. The van der Waals surface area contributed by atoms with Gasteiger partial charge in [-0.05, 0) is 43.4 Å². The van der Waals surface area contributed by atoms with Crippen LogP contribution in [0.15, 0.2) is 42.5 Å². The number of aryl methyl sites for hydroxylation is 1. The number of aromatic hydroxyl groups is 1. The predicted molar refractivity (Wildman–Crippen MR) is 81.9 cm³/mol. The van der Waals surface area contributed by atoms with E-state index in [1.54, 1.807) is 6.07 Å². The molecule has 0 saturated heterocycles. The Bertz CT molecular complexity index is 641. The maximum Gasteiger partial charge on any atom is 0.126 e. The van der Waals surface area contributed by atoms with E-state index in [4.69, 9.17) is 0 Å². The zero-order chi connectivity index (χ0) is 14.8. The van der Waals surface area contributed by atoms with Gasteiger partial charge in [0.2, 0.25) is 0 Å². The Morgan fingerprint density at radius 3 is 2.71 bits per heavy atom. The molecular weight excluding hydrogens is 265 g/mol. The number of phenols is 1. The molecule has 0 aliphatic heterocycles. The van der Waals surface area contributed by atoms with Crippen molar-refractivity contribution in [2.45, 2.75) is 38.3 Å². The van der Waals surface area contributed by atoms with Gasteiger partial charge in [-0.1, -0.05) is 30.3 Å². The summed E-state index contributed by atoms with van der Waals surface area (Å²) >= 11 is 0. The molecule has 0 amide bonds. The van der Waals surface area contributed by atoms with Crippen LogP contribution in [0.1, 0.15) is 36.1 Å². The number of halogens is 1. The Balaban J connectivity index is 1.70. The SMILES string of the molecule is CC(NC1CCc2ccccc2C1)c1ccc(F)cc1O. The molecule has 2 unspecified atom stereocenters. The first kappa shape index (κ1) is 14.1. The molecule has 2 aromatic carbocycles. The Kier molecular flexibility index (Phi) is 3.93. The van der Waals surface area contributed by atoms with Crippen LogP contribution in [0.2, 0.25) is 0 Å². The largest absolute Gasteiger partial charge is 0.508 e. The second-order valence-electron chi connectivity index (χ2n) is 5.80. The van der Waals surface area contributed by atoms with Crippen molar-refractivity contribution < 1.29 is 9.50 Å². The third kappa shape index (κ3) is 3.08. The number of nitrogens with one attached hydrogen (secondary N) is 1. The van der Waals surface area contributed by atoms with Gasteiger partial charge < -0.3 is 10.4 Å². The molecule has 0 fully saturated rings. The topological polar surface area (TPSA) is 32.3 Å². The lowest BCUT2D eigenvalue weighted by Crippen LogP contribution is -2.36. The fourth-order valence-corrected chi connectivity index (χ4v) is 3.17. The van der Waals surface area contributed by atoms with E-state index < -0.39 is 5.82 Å². The lowest BCUT2D eigenvalue weighted by atomic mass is 9.88. The van der Waals surface area contributed by atoms with Crippen LogP contribution in [-0.4, -0.2) is 11.1 Å². The minimum absolute atomic E-state index is 0.000798. The second-order valence-corrected chi connectivity index (χ2v) is 5.80. The molecule has 2 N–H and O–H groups in total. The van der Waals surface area contributed by atoms with E-state index in [1.165, 1.54) is 23.3 Å². The molecule has 110 valence electrons. The zero-order valence-corrected chi connectivity index (χ0v) is 12.1. The smallest absolute Gasteiger partial charge is 0.126 e. The highest BCUT2D eigenvalue weighted by atomic mass is 19.1. The molecule has 0 heterocycles. The van der Waals surface area contributed by atoms with Crippen LogP contribution in [-0.2, 0) is 12.8 Å². The third-order valence-corrected chi connectivity index (χ3v) is 4.29. The average molecular weight is 285 g/mol. The highest BCUT2D eigenvalue weighted by molar-refractivity contribution is 5.35. The highest BCUT2D eigenvalue weighted by Crippen LogP contribution is 2.27. The first-order chi connectivity index (χ1) is 10.1. The van der Waals surface area contributed by atoms with Gasteiger partial charge in [-0.3, -0.25) is 0 Å². The number of phenolic OH excluding ortho intramolecular Hbond substituents is 1. The van der Waals surface area contributed by atoms with Crippen molar-refractivity contribution in [2.75, 3.05) is 0 Å². The van der Waals surface area contributed by atoms with E-state index in [1.807, 2.05) is 6.92 Å². The van der Waals surface area contributed by atoms with Gasteiger partial charge in [0.25, 0.3) is 0 Å². The lowest BCUT2D eigenvalue weighted by Gasteiger charge is -2.28. The molecule has 3 rings (SSSR count). The molecule has 0 bridgehead atoms. The van der Waals surface area contributed by atoms with Gasteiger partial charge in [0.05, 0.1) is 0 Å². The lowest BCUT2D eigenvalue weighted by molar-refractivity contribution is 0.397. The fraction of sp³-hybridized carbons (Fsp3) is 0.333. The highest BCUT2D eigenvalue weighted by Gasteiger charge is 2.21. The Hall–Kier alpha value is -1.87. The van der Waals surface area contributed by atoms with Crippen LogP contribution in [0.5, 0.6) is 5.75 Å². The van der Waals surface area contributed by atoms with Crippen LogP contribution >= 0.6 is 0 Å². The van der Waals surface area contributed by atoms with Crippen molar-refractivity contribution in [1.82, 2.24) is 5.32 Å². The van der Waals surface area contributed by atoms with E-state index in [-0.39, 0.29) is 11.8 Å². The predicted octanol–water partition coefficient (Wildman–Crippen LogP) is 3.74. The van der Waals surface area contributed by atoms with Crippen molar-refractivity contribution in [1.29, 1.82) is 0 Å². The Morgan fingerprint density at radius 1 is 1.19 bits per heavy atom. The van der Waals surface area contributed by atoms with E-state index in [0.29, 0.717) is 6.04 Å². The molecule has 21 heavy (non-hydrogen) atoms. The fourth-order valence-electron chi connectivity index (χ4n) is 3.17. The van der Waals surface area contributed by atoms with Crippen molar-refractivity contribution in [3.63, 3.8) is 0 Å². The van der Waals surface area contributed by atoms with Crippen LogP contribution < -0.4 is 5.32 Å². The summed E-state index contributed by atoms with van der Waals surface area (Å²) < 4.78 is 13.1. The molecule has 3 heteroatoms. The van der Waals surface area contributed by atoms with Gasteiger partial charge >= 0.3 is 0 Å². The van der Waals surface area contributed by atoms with Crippen LogP contribution in [0.25, 0.3) is 0 Å². The maximum absolute atomic E-state index is 13.1. The van der Waals surface area contributed by atoms with Crippen LogP contribution in [0.4, 0.5) is 4.39 Å². The number of benzene rings is 2. The number of rotatable bonds is 3. The normalized spacial score (nSPS) is 19.0. The maximum atomic E-state index is 13.1. The number of hydrogen-bond donors (Lipinski definition) is 2. The van der Waals surface area contributed by atoms with E-state index in [0.717, 1.165) is 24.8 Å². The third-order valence-electron chi connectivity index (χ3n) is 4.29. The van der Waals surface area contributed by atoms with E-state index in [2.05, 4.69) is 29.6 Å². The summed E-state index contributed by atoms with van der Waals surface area (Å²) in [5.74, 6) is -0.388. The van der Waals surface area contributed by atoms with Gasteiger partial charge in [-0.25, -0.2) is 4.39 Å². The minimum Gasteiger partial charge on any atom is -0.508 e. The zero-order valence-electron chi connectivity index (χ0n) is 12.1. The summed E-state index contributed by atoms with van der Waals surface area (Å²) in [7, 11) is 0. The summed E-state index contributed by atoms with van der Waals surface area (Å²) in [4.78, 5) is 0. The van der Waals surface area contributed by atoms with Crippen molar-refractivity contribution in [2.24, 2.45) is 0 Å². The van der Waals surface area contributed by atoms with Gasteiger partial charge in [-0.15, -0.1) is 0 Å². The molecule has 1 aliphatic carbocycles. The quantitative estimate of drug-likeness (QED) is 0.900. The van der Waals surface area contributed by atoms with Crippen LogP contribution in [0, 0.1) is 5.82 Å². The summed E-state index contributed by atoms with van der Waals surface area (Å²) in [6.45, 7) is 2.01.